The van der Waals surface area contributed by atoms with Gasteiger partial charge in [0.1, 0.15) is 5.69 Å². The van der Waals surface area contributed by atoms with E-state index in [1.807, 2.05) is 42.5 Å². The molecule has 6 nitrogen and oxygen atoms in total. The summed E-state index contributed by atoms with van der Waals surface area (Å²) in [5, 5.41) is 7.48. The molecule has 0 saturated heterocycles. The Balaban J connectivity index is 1.56. The monoisotopic (exact) mass is 402 g/mol. The van der Waals surface area contributed by atoms with Gasteiger partial charge < -0.3 is 20.4 Å². The molecular formula is C24H26N4O2. The lowest BCUT2D eigenvalue weighted by Crippen LogP contribution is -2.35. The van der Waals surface area contributed by atoms with Crippen LogP contribution in [0.25, 0.3) is 15.7 Å². The number of carbonyl (C=O) groups is 1. The second-order valence-corrected chi connectivity index (χ2v) is 8.47. The maximum absolute atomic E-state index is 13.1. The number of anilines is 1. The Hall–Kier alpha value is -3.30. The van der Waals surface area contributed by atoms with Crippen LogP contribution in [0.2, 0.25) is 0 Å². The number of amides is 1. The van der Waals surface area contributed by atoms with Crippen LogP contribution in [0.4, 0.5) is 11.4 Å². The molecule has 0 aliphatic heterocycles. The number of nitrogens with zero attached hydrogens (tertiary/aromatic N) is 1. The van der Waals surface area contributed by atoms with Crippen LogP contribution in [0, 0.1) is 12.0 Å². The van der Waals surface area contributed by atoms with Crippen LogP contribution in [0.5, 0.6) is 0 Å². The largest absolute Gasteiger partial charge is 0.383 e. The molecule has 1 atom stereocenters. The quantitative estimate of drug-likeness (QED) is 0.408. The lowest BCUT2D eigenvalue weighted by Gasteiger charge is -2.28. The first kappa shape index (κ1) is 20.0. The fraction of sp³-hybridized carbons (Fsp3) is 0.333. The number of fused-ring (bicyclic) bond motifs is 2. The van der Waals surface area contributed by atoms with Crippen LogP contribution in [-0.2, 0) is 11.2 Å². The van der Waals surface area contributed by atoms with Crippen molar-refractivity contribution < 1.29 is 9.53 Å². The van der Waals surface area contributed by atoms with Gasteiger partial charge in [-0.2, -0.15) is 0 Å². The number of aromatic amines is 1. The molecule has 4 rings (SSSR count). The molecule has 1 heterocycles. The Morgan fingerprint density at radius 1 is 1.27 bits per heavy atom. The van der Waals surface area contributed by atoms with E-state index in [-0.39, 0.29) is 17.4 Å². The molecule has 1 amide bonds. The molecule has 0 saturated carbocycles. The van der Waals surface area contributed by atoms with Gasteiger partial charge in [-0.3, -0.25) is 4.79 Å². The summed E-state index contributed by atoms with van der Waals surface area (Å²) in [7, 11) is 1.68. The van der Waals surface area contributed by atoms with Crippen molar-refractivity contribution in [3.05, 3.63) is 70.7 Å². The Labute approximate surface area is 176 Å². The molecule has 0 bridgehead atoms. The zero-order valence-electron chi connectivity index (χ0n) is 17.5. The van der Waals surface area contributed by atoms with Gasteiger partial charge in [0, 0.05) is 30.2 Å². The standard InChI is InChI=1S/C24H26N4O2/c1-24(2)14-15-5-6-17(25-3)13-19(15)22(24)28-23(29)21-12-16-11-18(26-9-10-30-4)7-8-20(16)27-21/h5-8,11-13,22,26-27H,9-10,14H2,1-2,4H3,(H,28,29)/t22-/m0/s1. The molecule has 0 radical (unpaired) electrons. The maximum atomic E-state index is 13.1. The summed E-state index contributed by atoms with van der Waals surface area (Å²) < 4.78 is 5.07. The van der Waals surface area contributed by atoms with Gasteiger partial charge in [0.25, 0.3) is 5.91 Å². The van der Waals surface area contributed by atoms with Crippen molar-refractivity contribution in [2.45, 2.75) is 26.3 Å². The predicted octanol–water partition coefficient (Wildman–Crippen LogP) is 4.83. The molecule has 1 aromatic heterocycles. The molecule has 0 fully saturated rings. The third-order valence-electron chi connectivity index (χ3n) is 5.77. The fourth-order valence-electron chi connectivity index (χ4n) is 4.24. The van der Waals surface area contributed by atoms with E-state index < -0.39 is 0 Å². The van der Waals surface area contributed by atoms with Crippen LogP contribution >= 0.6 is 0 Å². The zero-order valence-corrected chi connectivity index (χ0v) is 17.5. The van der Waals surface area contributed by atoms with E-state index in [1.54, 1.807) is 7.11 Å². The second-order valence-electron chi connectivity index (χ2n) is 8.47. The summed E-state index contributed by atoms with van der Waals surface area (Å²) in [6.07, 6.45) is 0.870. The van der Waals surface area contributed by atoms with Crippen LogP contribution in [0.3, 0.4) is 0 Å². The van der Waals surface area contributed by atoms with Crippen molar-refractivity contribution in [1.82, 2.24) is 10.3 Å². The molecule has 30 heavy (non-hydrogen) atoms. The SMILES string of the molecule is [C-]#[N+]c1ccc2c(c1)[C@H](NC(=O)c1cc3cc(NCCOC)ccc3[nH]1)C(C)(C)C2. The Kier molecular flexibility index (Phi) is 5.23. The molecule has 3 N–H and O–H groups in total. The second kappa shape index (κ2) is 7.85. The number of H-pyrrole nitrogens is 1. The molecule has 154 valence electrons. The van der Waals surface area contributed by atoms with Crippen LogP contribution in [0.1, 0.15) is 41.5 Å². The first-order valence-corrected chi connectivity index (χ1v) is 10.1. The minimum Gasteiger partial charge on any atom is -0.383 e. The van der Waals surface area contributed by atoms with E-state index in [0.717, 1.165) is 35.1 Å². The normalized spacial score (nSPS) is 16.8. The summed E-state index contributed by atoms with van der Waals surface area (Å²) in [5.41, 5.74) is 5.16. The average molecular weight is 402 g/mol. The van der Waals surface area contributed by atoms with Crippen LogP contribution in [0.15, 0.2) is 42.5 Å². The smallest absolute Gasteiger partial charge is 0.268 e. The van der Waals surface area contributed by atoms with E-state index in [0.29, 0.717) is 18.0 Å². The number of benzene rings is 2. The van der Waals surface area contributed by atoms with Gasteiger partial charge in [0.2, 0.25) is 0 Å². The number of hydrogen-bond donors (Lipinski definition) is 3. The third kappa shape index (κ3) is 3.77. The fourth-order valence-corrected chi connectivity index (χ4v) is 4.24. The van der Waals surface area contributed by atoms with Crippen molar-refractivity contribution in [2.75, 3.05) is 25.6 Å². The summed E-state index contributed by atoms with van der Waals surface area (Å²) in [6.45, 7) is 13.0. The van der Waals surface area contributed by atoms with Crippen molar-refractivity contribution in [3.63, 3.8) is 0 Å². The molecule has 0 unspecified atom stereocenters. The third-order valence-corrected chi connectivity index (χ3v) is 5.77. The molecule has 3 aromatic rings. The van der Waals surface area contributed by atoms with E-state index >= 15 is 0 Å². The van der Waals surface area contributed by atoms with Crippen LogP contribution in [-0.4, -0.2) is 31.2 Å². The molecular weight excluding hydrogens is 376 g/mol. The van der Waals surface area contributed by atoms with E-state index in [4.69, 9.17) is 11.3 Å². The number of methoxy groups -OCH3 is 1. The summed E-state index contributed by atoms with van der Waals surface area (Å²) in [6, 6.07) is 13.5. The van der Waals surface area contributed by atoms with Crippen molar-refractivity contribution in [1.29, 1.82) is 0 Å². The Morgan fingerprint density at radius 2 is 2.10 bits per heavy atom. The topological polar surface area (TPSA) is 70.5 Å². The van der Waals surface area contributed by atoms with Gasteiger partial charge in [-0.25, -0.2) is 4.85 Å². The van der Waals surface area contributed by atoms with Crippen molar-refractivity contribution in [2.24, 2.45) is 5.41 Å². The maximum Gasteiger partial charge on any atom is 0.268 e. The van der Waals surface area contributed by atoms with Gasteiger partial charge in [0.05, 0.1) is 19.2 Å². The highest BCUT2D eigenvalue weighted by Gasteiger charge is 2.40. The lowest BCUT2D eigenvalue weighted by atomic mass is 9.85. The number of carbonyl (C=O) groups excluding carboxylic acids is 1. The number of hydrogen-bond acceptors (Lipinski definition) is 3. The van der Waals surface area contributed by atoms with Crippen molar-refractivity contribution >= 4 is 28.2 Å². The predicted molar refractivity (Wildman–Crippen MR) is 119 cm³/mol. The minimum absolute atomic E-state index is 0.122. The Morgan fingerprint density at radius 3 is 2.87 bits per heavy atom. The molecule has 6 heteroatoms. The van der Waals surface area contributed by atoms with Gasteiger partial charge in [-0.15, -0.1) is 0 Å². The molecule has 1 aliphatic rings. The first-order chi connectivity index (χ1) is 14.4. The van der Waals surface area contributed by atoms with Gasteiger partial charge in [0.15, 0.2) is 5.69 Å². The summed E-state index contributed by atoms with van der Waals surface area (Å²) >= 11 is 0. The highest BCUT2D eigenvalue weighted by atomic mass is 16.5. The Bertz CT molecular complexity index is 1140. The van der Waals surface area contributed by atoms with Crippen LogP contribution < -0.4 is 10.6 Å². The number of ether oxygens (including phenoxy) is 1. The lowest BCUT2D eigenvalue weighted by molar-refractivity contribution is 0.0899. The van der Waals surface area contributed by atoms with Gasteiger partial charge >= 0.3 is 0 Å². The van der Waals surface area contributed by atoms with E-state index in [2.05, 4.69) is 34.3 Å². The number of aromatic nitrogens is 1. The minimum atomic E-state index is -0.140. The van der Waals surface area contributed by atoms with E-state index in [1.165, 1.54) is 5.56 Å². The highest BCUT2D eigenvalue weighted by molar-refractivity contribution is 5.99. The summed E-state index contributed by atoms with van der Waals surface area (Å²) in [5.74, 6) is -0.140. The first-order valence-electron chi connectivity index (χ1n) is 10.1. The molecule has 0 spiro atoms. The number of rotatable bonds is 6. The molecule has 1 aliphatic carbocycles. The number of nitrogens with one attached hydrogen (secondary N) is 3. The average Bonchev–Trinajstić information content (AvgIpc) is 3.25. The van der Waals surface area contributed by atoms with Gasteiger partial charge in [-0.05, 0) is 47.2 Å². The van der Waals surface area contributed by atoms with E-state index in [9.17, 15) is 4.79 Å². The highest BCUT2D eigenvalue weighted by Crippen LogP contribution is 2.46. The zero-order chi connectivity index (χ0) is 21.3. The molecule has 2 aromatic carbocycles. The van der Waals surface area contributed by atoms with Crippen molar-refractivity contribution in [3.8, 4) is 0 Å². The van der Waals surface area contributed by atoms with Gasteiger partial charge in [-0.1, -0.05) is 32.0 Å². The summed E-state index contributed by atoms with van der Waals surface area (Å²) in [4.78, 5) is 19.9.